The number of aryl methyl sites for hydroxylation is 1. The second-order valence-corrected chi connectivity index (χ2v) is 8.99. The molecule has 2 atom stereocenters. The van der Waals surface area contributed by atoms with Gasteiger partial charge in [-0.3, -0.25) is 0 Å². The molecule has 6 nitrogen and oxygen atoms in total. The van der Waals surface area contributed by atoms with E-state index in [4.69, 9.17) is 0 Å². The zero-order valence-electron chi connectivity index (χ0n) is 18.6. The lowest BCUT2D eigenvalue weighted by molar-refractivity contribution is 0.0883. The number of fused-ring (bicyclic) bond motifs is 1. The van der Waals surface area contributed by atoms with Gasteiger partial charge in [-0.15, -0.1) is 0 Å². The Hall–Kier alpha value is -3.22. The van der Waals surface area contributed by atoms with Gasteiger partial charge in [0.15, 0.2) is 0 Å². The molecule has 1 aliphatic carbocycles. The van der Waals surface area contributed by atoms with Crippen LogP contribution in [0.15, 0.2) is 60.7 Å². The van der Waals surface area contributed by atoms with E-state index in [1.165, 1.54) is 0 Å². The van der Waals surface area contributed by atoms with Crippen LogP contribution >= 0.6 is 0 Å². The second kappa shape index (κ2) is 8.73. The third-order valence-electron chi connectivity index (χ3n) is 6.18. The summed E-state index contributed by atoms with van der Waals surface area (Å²) in [6.07, 6.45) is -0.147. The monoisotopic (exact) mass is 431 g/mol. The molecule has 0 saturated heterocycles. The number of carbonyl (C=O) groups is 1. The van der Waals surface area contributed by atoms with E-state index in [1.807, 2.05) is 61.5 Å². The predicted octanol–water partition coefficient (Wildman–Crippen LogP) is 4.45. The maximum absolute atomic E-state index is 13.0. The maximum atomic E-state index is 13.0. The molecule has 0 unspecified atom stereocenters. The van der Waals surface area contributed by atoms with Crippen LogP contribution in [0.25, 0.3) is 11.3 Å². The molecule has 0 saturated carbocycles. The Kier molecular flexibility index (Phi) is 6.00. The van der Waals surface area contributed by atoms with Gasteiger partial charge in [0.25, 0.3) is 0 Å². The van der Waals surface area contributed by atoms with Gasteiger partial charge in [0.1, 0.15) is 0 Å². The van der Waals surface area contributed by atoms with Gasteiger partial charge >= 0.3 is 6.03 Å². The van der Waals surface area contributed by atoms with Crippen molar-refractivity contribution in [3.8, 4) is 11.3 Å². The smallest absolute Gasteiger partial charge is 0.319 e. The summed E-state index contributed by atoms with van der Waals surface area (Å²) in [6, 6.07) is 18.3. The zero-order chi connectivity index (χ0) is 22.9. The first-order valence-electron chi connectivity index (χ1n) is 10.8. The average molecular weight is 432 g/mol. The second-order valence-electron chi connectivity index (χ2n) is 8.99. The van der Waals surface area contributed by atoms with Crippen LogP contribution in [-0.2, 0) is 12.0 Å². The molecule has 0 fully saturated rings. The van der Waals surface area contributed by atoms with E-state index in [-0.39, 0.29) is 12.0 Å². The van der Waals surface area contributed by atoms with Gasteiger partial charge in [-0.05, 0) is 41.5 Å². The number of benzene rings is 2. The van der Waals surface area contributed by atoms with Crippen LogP contribution in [0.1, 0.15) is 48.7 Å². The van der Waals surface area contributed by atoms with Crippen molar-refractivity contribution in [1.82, 2.24) is 10.3 Å². The van der Waals surface area contributed by atoms with Crippen molar-refractivity contribution in [3.05, 3.63) is 83.0 Å². The first kappa shape index (κ1) is 22.0. The van der Waals surface area contributed by atoms with E-state index in [9.17, 15) is 15.0 Å². The van der Waals surface area contributed by atoms with Gasteiger partial charge < -0.3 is 20.8 Å². The van der Waals surface area contributed by atoms with Crippen molar-refractivity contribution in [2.45, 2.75) is 51.4 Å². The Morgan fingerprint density at radius 3 is 2.53 bits per heavy atom. The van der Waals surface area contributed by atoms with E-state index in [0.717, 1.165) is 22.3 Å². The SMILES string of the molecule is Cc1cc(NC(=O)N[C@@H]2c3ccccc3C(C)(C)C[C@H]2O)c(-c2ccccc2)nc1CO. The van der Waals surface area contributed by atoms with Crippen LogP contribution < -0.4 is 10.6 Å². The highest BCUT2D eigenvalue weighted by molar-refractivity contribution is 5.94. The number of aliphatic hydroxyl groups is 2. The van der Waals surface area contributed by atoms with Gasteiger partial charge in [-0.25, -0.2) is 9.78 Å². The van der Waals surface area contributed by atoms with E-state index >= 15 is 0 Å². The minimum absolute atomic E-state index is 0.174. The summed E-state index contributed by atoms with van der Waals surface area (Å²) in [4.78, 5) is 17.6. The van der Waals surface area contributed by atoms with Crippen molar-refractivity contribution in [2.75, 3.05) is 5.32 Å². The van der Waals surface area contributed by atoms with Crippen molar-refractivity contribution < 1.29 is 15.0 Å². The number of aromatic nitrogens is 1. The van der Waals surface area contributed by atoms with E-state index < -0.39 is 18.2 Å². The molecular formula is C26H29N3O3. The summed E-state index contributed by atoms with van der Waals surface area (Å²) in [5, 5.41) is 26.4. The number of aliphatic hydroxyl groups excluding tert-OH is 2. The quantitative estimate of drug-likeness (QED) is 0.491. The summed E-state index contributed by atoms with van der Waals surface area (Å²) < 4.78 is 0. The van der Waals surface area contributed by atoms with Gasteiger partial charge in [0, 0.05) is 5.56 Å². The molecule has 0 spiro atoms. The molecule has 4 N–H and O–H groups in total. The number of nitrogens with zero attached hydrogens (tertiary/aromatic N) is 1. The molecule has 2 aromatic carbocycles. The van der Waals surface area contributed by atoms with Crippen molar-refractivity contribution in [2.24, 2.45) is 0 Å². The zero-order valence-corrected chi connectivity index (χ0v) is 18.6. The van der Waals surface area contributed by atoms with Crippen LogP contribution in [0.5, 0.6) is 0 Å². The van der Waals surface area contributed by atoms with Crippen LogP contribution in [0, 0.1) is 6.92 Å². The Morgan fingerprint density at radius 1 is 1.12 bits per heavy atom. The highest BCUT2D eigenvalue weighted by Gasteiger charge is 2.39. The Bertz CT molecular complexity index is 1130. The predicted molar refractivity (Wildman–Crippen MR) is 125 cm³/mol. The lowest BCUT2D eigenvalue weighted by Crippen LogP contribution is -2.45. The number of amides is 2. The van der Waals surface area contributed by atoms with Gasteiger partial charge in [0.2, 0.25) is 0 Å². The number of hydrogen-bond acceptors (Lipinski definition) is 4. The normalized spacial score (nSPS) is 19.2. The highest BCUT2D eigenvalue weighted by atomic mass is 16.3. The number of carbonyl (C=O) groups excluding carboxylic acids is 1. The standard InChI is InChI=1S/C26H29N3O3/c1-16-13-20(23(27-21(16)15-30)17-9-5-4-6-10-17)28-25(32)29-24-18-11-7-8-12-19(18)26(2,3)14-22(24)31/h4-13,22,24,30-31H,14-15H2,1-3H3,(H2,28,29,32)/t22-,24-/m1/s1. The molecular weight excluding hydrogens is 402 g/mol. The first-order valence-corrected chi connectivity index (χ1v) is 10.8. The largest absolute Gasteiger partial charge is 0.391 e. The summed E-state index contributed by atoms with van der Waals surface area (Å²) in [5.41, 5.74) is 5.20. The lowest BCUT2D eigenvalue weighted by atomic mass is 9.70. The maximum Gasteiger partial charge on any atom is 0.319 e. The van der Waals surface area contributed by atoms with Gasteiger partial charge in [-0.2, -0.15) is 0 Å². The van der Waals surface area contributed by atoms with Crippen molar-refractivity contribution in [3.63, 3.8) is 0 Å². The fourth-order valence-electron chi connectivity index (χ4n) is 4.54. The lowest BCUT2D eigenvalue weighted by Gasteiger charge is -2.40. The molecule has 1 aromatic heterocycles. The molecule has 0 aliphatic heterocycles. The van der Waals surface area contributed by atoms with Crippen LogP contribution in [0.3, 0.4) is 0 Å². The summed E-state index contributed by atoms with van der Waals surface area (Å²) in [7, 11) is 0. The van der Waals surface area contributed by atoms with Crippen LogP contribution in [-0.4, -0.2) is 27.3 Å². The summed E-state index contributed by atoms with van der Waals surface area (Å²) in [6.45, 7) is 5.88. The Labute approximate surface area is 188 Å². The number of nitrogens with one attached hydrogen (secondary N) is 2. The minimum Gasteiger partial charge on any atom is -0.391 e. The fourth-order valence-corrected chi connectivity index (χ4v) is 4.54. The molecule has 0 radical (unpaired) electrons. The average Bonchev–Trinajstić information content (AvgIpc) is 2.77. The molecule has 2 amide bonds. The number of hydrogen-bond donors (Lipinski definition) is 4. The Balaban J connectivity index is 1.63. The molecule has 166 valence electrons. The van der Waals surface area contributed by atoms with Crippen molar-refractivity contribution >= 4 is 11.7 Å². The molecule has 4 rings (SSSR count). The summed E-state index contributed by atoms with van der Waals surface area (Å²) in [5.74, 6) is 0. The van der Waals surface area contributed by atoms with Crippen molar-refractivity contribution in [1.29, 1.82) is 0 Å². The third kappa shape index (κ3) is 4.24. The number of pyridine rings is 1. The number of anilines is 1. The molecule has 32 heavy (non-hydrogen) atoms. The third-order valence-corrected chi connectivity index (χ3v) is 6.18. The van der Waals surface area contributed by atoms with Gasteiger partial charge in [0.05, 0.1) is 35.8 Å². The fraction of sp³-hybridized carbons (Fsp3) is 0.308. The highest BCUT2D eigenvalue weighted by Crippen LogP contribution is 2.41. The molecule has 6 heteroatoms. The topological polar surface area (TPSA) is 94.5 Å². The van der Waals surface area contributed by atoms with E-state index in [2.05, 4.69) is 35.5 Å². The number of rotatable bonds is 4. The molecule has 0 bridgehead atoms. The Morgan fingerprint density at radius 2 is 1.81 bits per heavy atom. The molecule has 1 aliphatic rings. The van der Waals surface area contributed by atoms with Gasteiger partial charge in [-0.1, -0.05) is 68.4 Å². The first-order chi connectivity index (χ1) is 15.3. The van der Waals surface area contributed by atoms with E-state index in [0.29, 0.717) is 23.5 Å². The molecule has 3 aromatic rings. The minimum atomic E-state index is -0.698. The molecule has 1 heterocycles. The van der Waals surface area contributed by atoms with E-state index in [1.54, 1.807) is 0 Å². The summed E-state index contributed by atoms with van der Waals surface area (Å²) >= 11 is 0. The van der Waals surface area contributed by atoms with Crippen LogP contribution in [0.4, 0.5) is 10.5 Å². The van der Waals surface area contributed by atoms with Crippen LogP contribution in [0.2, 0.25) is 0 Å². The number of urea groups is 1.